The molecule has 112 valence electrons. The Kier molecular flexibility index (Phi) is 5.21. The highest BCUT2D eigenvalue weighted by molar-refractivity contribution is 6.30. The van der Waals surface area contributed by atoms with E-state index in [9.17, 15) is 4.39 Å². The summed E-state index contributed by atoms with van der Waals surface area (Å²) in [4.78, 5) is 0. The third-order valence-corrected chi connectivity index (χ3v) is 3.76. The summed E-state index contributed by atoms with van der Waals surface area (Å²) >= 11 is 5.91. The van der Waals surface area contributed by atoms with E-state index in [4.69, 9.17) is 16.3 Å². The van der Waals surface area contributed by atoms with Crippen LogP contribution in [0, 0.1) is 12.7 Å². The highest BCUT2D eigenvalue weighted by Gasteiger charge is 2.17. The summed E-state index contributed by atoms with van der Waals surface area (Å²) in [5.74, 6) is 0.422. The van der Waals surface area contributed by atoms with Gasteiger partial charge in [0.2, 0.25) is 0 Å². The smallest absolute Gasteiger partial charge is 0.141 e. The lowest BCUT2D eigenvalue weighted by Gasteiger charge is -2.21. The average molecular weight is 308 g/mol. The Morgan fingerprint density at radius 3 is 2.57 bits per heavy atom. The van der Waals surface area contributed by atoms with E-state index in [1.807, 2.05) is 32.0 Å². The first-order valence-corrected chi connectivity index (χ1v) is 7.27. The fourth-order valence-corrected chi connectivity index (χ4v) is 2.59. The zero-order chi connectivity index (χ0) is 15.4. The van der Waals surface area contributed by atoms with Crippen molar-refractivity contribution in [2.24, 2.45) is 0 Å². The second kappa shape index (κ2) is 6.92. The van der Waals surface area contributed by atoms with Crippen LogP contribution in [-0.2, 0) is 0 Å². The maximum Gasteiger partial charge on any atom is 0.141 e. The second-order valence-electron chi connectivity index (χ2n) is 4.89. The van der Waals surface area contributed by atoms with Crippen molar-refractivity contribution in [3.8, 4) is 5.75 Å². The molecule has 0 spiro atoms. The standard InChI is InChI=1S/C17H19ClFNO/c1-4-20-17(12-5-8-16(19)15(18)10-12)14-7-6-13(21-3)9-11(14)2/h5-10,17,20H,4H2,1-3H3. The molecule has 0 heterocycles. The lowest BCUT2D eigenvalue weighted by molar-refractivity contribution is 0.414. The number of benzene rings is 2. The van der Waals surface area contributed by atoms with Crippen molar-refractivity contribution in [2.45, 2.75) is 19.9 Å². The van der Waals surface area contributed by atoms with Gasteiger partial charge in [-0.25, -0.2) is 4.39 Å². The molecule has 2 aromatic carbocycles. The highest BCUT2D eigenvalue weighted by atomic mass is 35.5. The molecule has 1 N–H and O–H groups in total. The van der Waals surface area contributed by atoms with E-state index in [1.165, 1.54) is 6.07 Å². The van der Waals surface area contributed by atoms with Crippen molar-refractivity contribution in [3.05, 3.63) is 63.9 Å². The lowest BCUT2D eigenvalue weighted by Crippen LogP contribution is -2.22. The van der Waals surface area contributed by atoms with Gasteiger partial charge in [-0.2, -0.15) is 0 Å². The normalized spacial score (nSPS) is 12.2. The lowest BCUT2D eigenvalue weighted by atomic mass is 9.94. The molecule has 2 nitrogen and oxygen atoms in total. The molecule has 0 amide bonds. The summed E-state index contributed by atoms with van der Waals surface area (Å²) in [5.41, 5.74) is 3.18. The van der Waals surface area contributed by atoms with Gasteiger partial charge in [0.25, 0.3) is 0 Å². The predicted molar refractivity (Wildman–Crippen MR) is 84.7 cm³/mol. The molecule has 0 radical (unpaired) electrons. The summed E-state index contributed by atoms with van der Waals surface area (Å²) in [6.07, 6.45) is 0. The van der Waals surface area contributed by atoms with Gasteiger partial charge in [-0.05, 0) is 54.4 Å². The van der Waals surface area contributed by atoms with Crippen LogP contribution in [0.25, 0.3) is 0 Å². The Labute approximate surface area is 129 Å². The van der Waals surface area contributed by atoms with E-state index < -0.39 is 5.82 Å². The van der Waals surface area contributed by atoms with Gasteiger partial charge in [-0.1, -0.05) is 30.7 Å². The van der Waals surface area contributed by atoms with Crippen LogP contribution in [0.5, 0.6) is 5.75 Å². The van der Waals surface area contributed by atoms with Gasteiger partial charge >= 0.3 is 0 Å². The maximum absolute atomic E-state index is 13.4. The van der Waals surface area contributed by atoms with Gasteiger partial charge in [0.15, 0.2) is 0 Å². The number of halogens is 2. The molecule has 4 heteroatoms. The Bertz CT molecular complexity index is 630. The summed E-state index contributed by atoms with van der Waals surface area (Å²) < 4.78 is 18.6. The monoisotopic (exact) mass is 307 g/mol. The van der Waals surface area contributed by atoms with Crippen molar-refractivity contribution in [1.82, 2.24) is 5.32 Å². The number of nitrogens with one attached hydrogen (secondary N) is 1. The van der Waals surface area contributed by atoms with Crippen LogP contribution in [0.3, 0.4) is 0 Å². The van der Waals surface area contributed by atoms with Crippen molar-refractivity contribution in [2.75, 3.05) is 13.7 Å². The van der Waals surface area contributed by atoms with Gasteiger partial charge < -0.3 is 10.1 Å². The molecule has 0 aliphatic heterocycles. The fourth-order valence-electron chi connectivity index (χ4n) is 2.40. The SMILES string of the molecule is CCNC(c1ccc(F)c(Cl)c1)c1ccc(OC)cc1C. The minimum Gasteiger partial charge on any atom is -0.497 e. The predicted octanol–water partition coefficient (Wildman–Crippen LogP) is 4.50. The van der Waals surface area contributed by atoms with Crippen molar-refractivity contribution < 1.29 is 9.13 Å². The number of rotatable bonds is 5. The molecule has 21 heavy (non-hydrogen) atoms. The number of aryl methyl sites for hydroxylation is 1. The fraction of sp³-hybridized carbons (Fsp3) is 0.294. The zero-order valence-electron chi connectivity index (χ0n) is 12.4. The molecule has 2 rings (SSSR count). The van der Waals surface area contributed by atoms with Gasteiger partial charge in [-0.3, -0.25) is 0 Å². The molecule has 1 unspecified atom stereocenters. The topological polar surface area (TPSA) is 21.3 Å². The quantitative estimate of drug-likeness (QED) is 0.878. The third-order valence-electron chi connectivity index (χ3n) is 3.47. The summed E-state index contributed by atoms with van der Waals surface area (Å²) in [7, 11) is 1.65. The molecule has 0 saturated carbocycles. The van der Waals surface area contributed by atoms with Crippen LogP contribution in [0.2, 0.25) is 5.02 Å². The van der Waals surface area contributed by atoms with E-state index in [1.54, 1.807) is 19.2 Å². The van der Waals surface area contributed by atoms with Crippen molar-refractivity contribution in [1.29, 1.82) is 0 Å². The van der Waals surface area contributed by atoms with Gasteiger partial charge in [0.1, 0.15) is 11.6 Å². The van der Waals surface area contributed by atoms with E-state index in [0.717, 1.165) is 29.0 Å². The van der Waals surface area contributed by atoms with Crippen LogP contribution in [0.1, 0.15) is 29.7 Å². The summed E-state index contributed by atoms with van der Waals surface area (Å²) in [6.45, 7) is 4.87. The van der Waals surface area contributed by atoms with Crippen molar-refractivity contribution >= 4 is 11.6 Å². The molecule has 0 aromatic heterocycles. The molecular formula is C17H19ClFNO. The Morgan fingerprint density at radius 2 is 2.00 bits per heavy atom. The molecule has 0 fully saturated rings. The molecule has 0 aliphatic carbocycles. The van der Waals surface area contributed by atoms with Gasteiger partial charge in [-0.15, -0.1) is 0 Å². The van der Waals surface area contributed by atoms with E-state index in [2.05, 4.69) is 5.32 Å². The van der Waals surface area contributed by atoms with Crippen LogP contribution >= 0.6 is 11.6 Å². The molecule has 1 atom stereocenters. The van der Waals surface area contributed by atoms with E-state index >= 15 is 0 Å². The second-order valence-corrected chi connectivity index (χ2v) is 5.29. The first kappa shape index (κ1) is 15.8. The number of ether oxygens (including phenoxy) is 1. The number of hydrogen-bond acceptors (Lipinski definition) is 2. The van der Waals surface area contributed by atoms with Crippen LogP contribution < -0.4 is 10.1 Å². The average Bonchev–Trinajstić information content (AvgIpc) is 2.48. The largest absolute Gasteiger partial charge is 0.497 e. The summed E-state index contributed by atoms with van der Waals surface area (Å²) in [5, 5.41) is 3.56. The molecule has 0 saturated heterocycles. The molecule has 0 bridgehead atoms. The Morgan fingerprint density at radius 1 is 1.24 bits per heavy atom. The highest BCUT2D eigenvalue weighted by Crippen LogP contribution is 2.29. The van der Waals surface area contributed by atoms with Gasteiger partial charge in [0, 0.05) is 0 Å². The van der Waals surface area contributed by atoms with Gasteiger partial charge in [0.05, 0.1) is 18.2 Å². The third kappa shape index (κ3) is 3.55. The van der Waals surface area contributed by atoms with Crippen LogP contribution in [-0.4, -0.2) is 13.7 Å². The minimum atomic E-state index is -0.401. The zero-order valence-corrected chi connectivity index (χ0v) is 13.2. The van der Waals surface area contributed by atoms with Crippen molar-refractivity contribution in [3.63, 3.8) is 0 Å². The molecular weight excluding hydrogens is 289 g/mol. The molecule has 2 aromatic rings. The van der Waals surface area contributed by atoms with Crippen LogP contribution in [0.4, 0.5) is 4.39 Å². The first-order valence-electron chi connectivity index (χ1n) is 6.89. The maximum atomic E-state index is 13.4. The Hall–Kier alpha value is -1.58. The molecule has 0 aliphatic rings. The minimum absolute atomic E-state index is 0.0287. The summed E-state index contributed by atoms with van der Waals surface area (Å²) in [6, 6.07) is 10.8. The Balaban J connectivity index is 2.45. The van der Waals surface area contributed by atoms with Crippen LogP contribution in [0.15, 0.2) is 36.4 Å². The number of hydrogen-bond donors (Lipinski definition) is 1. The first-order chi connectivity index (χ1) is 10.1. The van der Waals surface area contributed by atoms with E-state index in [0.29, 0.717) is 0 Å². The number of methoxy groups -OCH3 is 1. The van der Waals surface area contributed by atoms with E-state index in [-0.39, 0.29) is 11.1 Å².